The van der Waals surface area contributed by atoms with Crippen LogP contribution in [0.5, 0.6) is 0 Å². The molecule has 2 aliphatic heterocycles. The number of piperidine rings is 1. The lowest BCUT2D eigenvalue weighted by Gasteiger charge is -2.34. The van der Waals surface area contributed by atoms with E-state index in [1.807, 2.05) is 0 Å². The Balaban J connectivity index is 1.41. The molecule has 5 nitrogen and oxygen atoms in total. The molecule has 0 bridgehead atoms. The number of piperazine rings is 1. The molecule has 0 aromatic carbocycles. The molecule has 21 heavy (non-hydrogen) atoms. The summed E-state index contributed by atoms with van der Waals surface area (Å²) in [6.07, 6.45) is 3.47. The minimum Gasteiger partial charge on any atom is -0.352 e. The Morgan fingerprint density at radius 3 is 2.62 bits per heavy atom. The molecule has 1 saturated carbocycles. The van der Waals surface area contributed by atoms with Gasteiger partial charge in [0, 0.05) is 44.7 Å². The molecule has 1 spiro atoms. The van der Waals surface area contributed by atoms with Crippen molar-refractivity contribution in [3.63, 3.8) is 0 Å². The molecule has 2 N–H and O–H groups in total. The van der Waals surface area contributed by atoms with Gasteiger partial charge in [0.15, 0.2) is 0 Å². The maximum Gasteiger partial charge on any atom is 0.223 e. The van der Waals surface area contributed by atoms with Crippen LogP contribution in [0.25, 0.3) is 0 Å². The van der Waals surface area contributed by atoms with E-state index in [9.17, 15) is 4.79 Å². The van der Waals surface area contributed by atoms with Gasteiger partial charge in [0.05, 0.1) is 0 Å². The Kier molecular flexibility index (Phi) is 4.52. The second-order valence-corrected chi connectivity index (χ2v) is 7.38. The summed E-state index contributed by atoms with van der Waals surface area (Å²) < 4.78 is 0. The van der Waals surface area contributed by atoms with Gasteiger partial charge in [-0.1, -0.05) is 0 Å². The fraction of sp³-hybridized carbons (Fsp3) is 0.938. The number of rotatable bonds is 4. The van der Waals surface area contributed by atoms with Crippen molar-refractivity contribution < 1.29 is 4.79 Å². The lowest BCUT2D eigenvalue weighted by atomic mass is 9.91. The van der Waals surface area contributed by atoms with Crippen LogP contribution in [0.1, 0.15) is 26.2 Å². The maximum absolute atomic E-state index is 12.4. The molecule has 120 valence electrons. The van der Waals surface area contributed by atoms with E-state index in [2.05, 4.69) is 34.4 Å². The third-order valence-electron chi connectivity index (χ3n) is 5.62. The van der Waals surface area contributed by atoms with E-state index in [-0.39, 0.29) is 12.0 Å². The Bertz CT molecular complexity index is 372. The first-order valence-corrected chi connectivity index (χ1v) is 8.51. The van der Waals surface area contributed by atoms with Gasteiger partial charge < -0.3 is 15.5 Å². The van der Waals surface area contributed by atoms with Gasteiger partial charge in [-0.05, 0) is 51.7 Å². The molecule has 0 aromatic rings. The number of nitrogens with zero attached hydrogens (tertiary/aromatic N) is 2. The Morgan fingerprint density at radius 1 is 1.29 bits per heavy atom. The van der Waals surface area contributed by atoms with E-state index >= 15 is 0 Å². The highest BCUT2D eigenvalue weighted by Gasteiger charge is 2.57. The number of carbonyl (C=O) groups excluding carboxylic acids is 1. The van der Waals surface area contributed by atoms with Crippen LogP contribution >= 0.6 is 0 Å². The summed E-state index contributed by atoms with van der Waals surface area (Å²) in [6.45, 7) is 9.82. The van der Waals surface area contributed by atoms with Gasteiger partial charge in [-0.3, -0.25) is 9.69 Å². The normalized spacial score (nSPS) is 31.0. The van der Waals surface area contributed by atoms with Gasteiger partial charge >= 0.3 is 0 Å². The van der Waals surface area contributed by atoms with E-state index in [0.717, 1.165) is 52.2 Å². The van der Waals surface area contributed by atoms with E-state index in [1.165, 1.54) is 12.8 Å². The van der Waals surface area contributed by atoms with Gasteiger partial charge in [-0.25, -0.2) is 0 Å². The van der Waals surface area contributed by atoms with Gasteiger partial charge in [-0.15, -0.1) is 0 Å². The molecule has 2 unspecified atom stereocenters. The number of hydrogen-bond acceptors (Lipinski definition) is 4. The van der Waals surface area contributed by atoms with Crippen molar-refractivity contribution in [3.05, 3.63) is 0 Å². The van der Waals surface area contributed by atoms with Crippen LogP contribution in [-0.4, -0.2) is 74.6 Å². The van der Waals surface area contributed by atoms with Crippen molar-refractivity contribution in [1.29, 1.82) is 0 Å². The topological polar surface area (TPSA) is 47.6 Å². The van der Waals surface area contributed by atoms with Gasteiger partial charge in [-0.2, -0.15) is 0 Å². The molecule has 0 radical (unpaired) electrons. The smallest absolute Gasteiger partial charge is 0.223 e. The van der Waals surface area contributed by atoms with E-state index in [4.69, 9.17) is 0 Å². The molecule has 1 aliphatic carbocycles. The number of nitrogens with one attached hydrogen (secondary N) is 2. The number of carbonyl (C=O) groups is 1. The van der Waals surface area contributed by atoms with Crippen molar-refractivity contribution in [3.8, 4) is 0 Å². The average molecular weight is 294 g/mol. The Hall–Kier alpha value is -0.650. The second-order valence-electron chi connectivity index (χ2n) is 7.38. The highest BCUT2D eigenvalue weighted by Crippen LogP contribution is 2.58. The summed E-state index contributed by atoms with van der Waals surface area (Å²) in [5, 5.41) is 6.65. The number of amides is 1. The number of likely N-dealkylation sites (N-methyl/N-ethyl adjacent to an activating group) is 1. The SMILES string of the molecule is CC(CN1CCN(C)CC1)NC(=O)C1CC12CCNCC2. The molecule has 3 rings (SSSR count). The highest BCUT2D eigenvalue weighted by atomic mass is 16.2. The first kappa shape index (κ1) is 15.3. The molecule has 0 aromatic heterocycles. The van der Waals surface area contributed by atoms with E-state index in [0.29, 0.717) is 11.3 Å². The molecular weight excluding hydrogens is 264 g/mol. The summed E-state index contributed by atoms with van der Waals surface area (Å²) in [6, 6.07) is 0.264. The molecule has 5 heteroatoms. The van der Waals surface area contributed by atoms with Gasteiger partial charge in [0.25, 0.3) is 0 Å². The standard InChI is InChI=1S/C16H30N4O/c1-13(12-20-9-7-19(2)8-10-20)18-15(21)14-11-16(14)3-5-17-6-4-16/h13-14,17H,3-12H2,1-2H3,(H,18,21). The zero-order chi connectivity index (χ0) is 14.9. The van der Waals surface area contributed by atoms with Crippen LogP contribution in [0.2, 0.25) is 0 Å². The van der Waals surface area contributed by atoms with Crippen LogP contribution in [0.15, 0.2) is 0 Å². The van der Waals surface area contributed by atoms with Crippen LogP contribution in [-0.2, 0) is 4.79 Å². The summed E-state index contributed by atoms with van der Waals surface area (Å²) in [5.74, 6) is 0.591. The van der Waals surface area contributed by atoms with Crippen LogP contribution < -0.4 is 10.6 Å². The molecule has 1 amide bonds. The van der Waals surface area contributed by atoms with Crippen LogP contribution in [0, 0.1) is 11.3 Å². The minimum absolute atomic E-state index is 0.264. The van der Waals surface area contributed by atoms with Crippen molar-refractivity contribution in [2.45, 2.75) is 32.2 Å². The minimum atomic E-state index is 0.264. The third-order valence-corrected chi connectivity index (χ3v) is 5.62. The molecule has 2 atom stereocenters. The molecular formula is C16H30N4O. The lowest BCUT2D eigenvalue weighted by Crippen LogP contribution is -2.50. The van der Waals surface area contributed by atoms with Crippen molar-refractivity contribution in [2.75, 3.05) is 52.9 Å². The summed E-state index contributed by atoms with van der Waals surface area (Å²) >= 11 is 0. The second kappa shape index (κ2) is 6.23. The zero-order valence-electron chi connectivity index (χ0n) is 13.5. The quantitative estimate of drug-likeness (QED) is 0.774. The molecule has 2 saturated heterocycles. The van der Waals surface area contributed by atoms with Crippen LogP contribution in [0.4, 0.5) is 0 Å². The predicted molar refractivity (Wildman–Crippen MR) is 84.2 cm³/mol. The van der Waals surface area contributed by atoms with Gasteiger partial charge in [0.2, 0.25) is 5.91 Å². The first-order chi connectivity index (χ1) is 10.1. The average Bonchev–Trinajstić information content (AvgIpc) is 3.16. The third kappa shape index (κ3) is 3.58. The predicted octanol–water partition coefficient (Wildman–Crippen LogP) is 0.128. The highest BCUT2D eigenvalue weighted by molar-refractivity contribution is 5.82. The van der Waals surface area contributed by atoms with E-state index in [1.54, 1.807) is 0 Å². The van der Waals surface area contributed by atoms with Gasteiger partial charge in [0.1, 0.15) is 0 Å². The fourth-order valence-corrected chi connectivity index (χ4v) is 4.00. The monoisotopic (exact) mass is 294 g/mol. The van der Waals surface area contributed by atoms with Crippen molar-refractivity contribution in [1.82, 2.24) is 20.4 Å². The first-order valence-electron chi connectivity index (χ1n) is 8.51. The number of hydrogen-bond donors (Lipinski definition) is 2. The van der Waals surface area contributed by atoms with Crippen LogP contribution in [0.3, 0.4) is 0 Å². The van der Waals surface area contributed by atoms with E-state index < -0.39 is 0 Å². The van der Waals surface area contributed by atoms with Crippen molar-refractivity contribution >= 4 is 5.91 Å². The summed E-state index contributed by atoms with van der Waals surface area (Å²) in [4.78, 5) is 17.3. The Morgan fingerprint density at radius 2 is 1.95 bits per heavy atom. The molecule has 2 heterocycles. The molecule has 3 fully saturated rings. The summed E-state index contributed by atoms with van der Waals surface area (Å²) in [5.41, 5.74) is 0.350. The lowest BCUT2D eigenvalue weighted by molar-refractivity contribution is -0.124. The Labute approximate surface area is 128 Å². The fourth-order valence-electron chi connectivity index (χ4n) is 4.00. The maximum atomic E-state index is 12.4. The molecule has 3 aliphatic rings. The zero-order valence-corrected chi connectivity index (χ0v) is 13.5. The summed E-state index contributed by atoms with van der Waals surface area (Å²) in [7, 11) is 2.17. The van der Waals surface area contributed by atoms with Crippen molar-refractivity contribution in [2.24, 2.45) is 11.3 Å². The largest absolute Gasteiger partial charge is 0.352 e.